The molecule has 0 atom stereocenters. The lowest BCUT2D eigenvalue weighted by atomic mass is 9.83. The van der Waals surface area contributed by atoms with Crippen LogP contribution in [0.15, 0.2) is 18.2 Å². The van der Waals surface area contributed by atoms with Gasteiger partial charge in [0.15, 0.2) is 0 Å². The zero-order valence-electron chi connectivity index (χ0n) is 12.7. The Balaban J connectivity index is 1.82. The number of nitrogens with one attached hydrogen (secondary N) is 1. The molecule has 2 N–H and O–H groups in total. The van der Waals surface area contributed by atoms with E-state index in [1.807, 2.05) is 0 Å². The molecule has 0 heterocycles. The lowest BCUT2D eigenvalue weighted by Gasteiger charge is -2.25. The van der Waals surface area contributed by atoms with Gasteiger partial charge in [0.25, 0.3) is 0 Å². The molecule has 3 rings (SSSR count). The molecule has 0 aromatic heterocycles. The number of carbonyl (C=O) groups is 2. The Morgan fingerprint density at radius 2 is 2.05 bits per heavy atom. The maximum Gasteiger partial charge on any atom is 0.335 e. The Kier molecular flexibility index (Phi) is 3.91. The van der Waals surface area contributed by atoms with E-state index >= 15 is 0 Å². The molecule has 5 nitrogen and oxygen atoms in total. The minimum atomic E-state index is -1.01. The Labute approximate surface area is 129 Å². The molecule has 1 aromatic rings. The third kappa shape index (κ3) is 2.73. The molecule has 118 valence electrons. The minimum Gasteiger partial charge on any atom is -0.478 e. The standard InChI is InChI=1S/C17H21NO4/c1-22-10-12-6-13(15(19)20)8-14(7-12)18-16(21)17-4-2-11(9-17)3-5-17/h6-8,11H,2-5,9-10H2,1H3,(H,18,21)(H,19,20). The molecule has 2 fully saturated rings. The fraction of sp³-hybridized carbons (Fsp3) is 0.529. The van der Waals surface area contributed by atoms with Crippen molar-refractivity contribution in [1.82, 2.24) is 0 Å². The number of hydrogen-bond donors (Lipinski definition) is 2. The maximum absolute atomic E-state index is 12.7. The highest BCUT2D eigenvalue weighted by molar-refractivity contribution is 5.97. The van der Waals surface area contributed by atoms with E-state index in [0.717, 1.165) is 37.7 Å². The van der Waals surface area contributed by atoms with Gasteiger partial charge in [0.05, 0.1) is 12.2 Å². The Morgan fingerprint density at radius 1 is 1.32 bits per heavy atom. The number of hydrogen-bond acceptors (Lipinski definition) is 3. The topological polar surface area (TPSA) is 75.6 Å². The summed E-state index contributed by atoms with van der Waals surface area (Å²) in [4.78, 5) is 23.9. The SMILES string of the molecule is COCc1cc(NC(=O)C23CCC(CC2)C3)cc(C(=O)O)c1. The second-order valence-corrected chi connectivity index (χ2v) is 6.54. The number of carboxylic acids is 1. The molecular formula is C17H21NO4. The number of benzene rings is 1. The first-order chi connectivity index (χ1) is 10.5. The molecule has 0 spiro atoms. The van der Waals surface area contributed by atoms with Crippen LogP contribution in [0, 0.1) is 11.3 Å². The van der Waals surface area contributed by atoms with Crippen molar-refractivity contribution in [3.63, 3.8) is 0 Å². The van der Waals surface area contributed by atoms with Crippen molar-refractivity contribution in [1.29, 1.82) is 0 Å². The number of carboxylic acid groups (broad SMARTS) is 1. The quantitative estimate of drug-likeness (QED) is 0.876. The lowest BCUT2D eigenvalue weighted by Crippen LogP contribution is -2.32. The van der Waals surface area contributed by atoms with Crippen LogP contribution in [0.5, 0.6) is 0 Å². The van der Waals surface area contributed by atoms with Crippen LogP contribution in [-0.4, -0.2) is 24.1 Å². The van der Waals surface area contributed by atoms with Crippen molar-refractivity contribution >= 4 is 17.6 Å². The van der Waals surface area contributed by atoms with Crippen molar-refractivity contribution in [2.45, 2.75) is 38.7 Å². The van der Waals surface area contributed by atoms with Crippen LogP contribution in [-0.2, 0) is 16.1 Å². The average Bonchev–Trinajstić information content (AvgIpc) is 3.09. The van der Waals surface area contributed by atoms with Crippen LogP contribution in [0.25, 0.3) is 0 Å². The van der Waals surface area contributed by atoms with E-state index in [0.29, 0.717) is 18.2 Å². The first-order valence-corrected chi connectivity index (χ1v) is 7.70. The monoisotopic (exact) mass is 303 g/mol. The summed E-state index contributed by atoms with van der Waals surface area (Å²) in [6, 6.07) is 4.87. The normalized spacial score (nSPS) is 26.1. The van der Waals surface area contributed by atoms with Gasteiger partial charge in [-0.2, -0.15) is 0 Å². The van der Waals surface area contributed by atoms with Crippen molar-refractivity contribution in [3.8, 4) is 0 Å². The van der Waals surface area contributed by atoms with Crippen LogP contribution in [0.1, 0.15) is 48.0 Å². The van der Waals surface area contributed by atoms with Crippen molar-refractivity contribution in [3.05, 3.63) is 29.3 Å². The molecule has 22 heavy (non-hydrogen) atoms. The molecule has 2 saturated carbocycles. The Morgan fingerprint density at radius 3 is 2.59 bits per heavy atom. The van der Waals surface area contributed by atoms with Gasteiger partial charge in [-0.05, 0) is 61.8 Å². The van der Waals surface area contributed by atoms with Gasteiger partial charge in [-0.25, -0.2) is 4.79 Å². The van der Waals surface area contributed by atoms with E-state index in [1.165, 1.54) is 6.07 Å². The molecule has 2 aliphatic carbocycles. The third-order valence-corrected chi connectivity index (χ3v) is 5.03. The molecule has 0 radical (unpaired) electrons. The van der Waals surface area contributed by atoms with Crippen molar-refractivity contribution in [2.24, 2.45) is 11.3 Å². The largest absolute Gasteiger partial charge is 0.478 e. The molecule has 1 aromatic carbocycles. The summed E-state index contributed by atoms with van der Waals surface area (Å²) in [5.41, 5.74) is 1.22. The number of carbonyl (C=O) groups excluding carboxylic acids is 1. The number of methoxy groups -OCH3 is 1. The van der Waals surface area contributed by atoms with Gasteiger partial charge in [0.1, 0.15) is 0 Å². The van der Waals surface area contributed by atoms with Crippen LogP contribution in [0.2, 0.25) is 0 Å². The van der Waals surface area contributed by atoms with Gasteiger partial charge in [-0.15, -0.1) is 0 Å². The number of ether oxygens (including phenoxy) is 1. The van der Waals surface area contributed by atoms with Crippen molar-refractivity contribution in [2.75, 3.05) is 12.4 Å². The molecule has 2 bridgehead atoms. The van der Waals surface area contributed by atoms with E-state index in [4.69, 9.17) is 4.74 Å². The summed E-state index contributed by atoms with van der Waals surface area (Å²) >= 11 is 0. The Hall–Kier alpha value is -1.88. The zero-order valence-corrected chi connectivity index (χ0v) is 12.7. The van der Waals surface area contributed by atoms with E-state index in [9.17, 15) is 14.7 Å². The fourth-order valence-electron chi connectivity index (χ4n) is 3.91. The number of aromatic carboxylic acids is 1. The molecule has 5 heteroatoms. The van der Waals surface area contributed by atoms with Crippen molar-refractivity contribution < 1.29 is 19.4 Å². The zero-order chi connectivity index (χ0) is 15.7. The first-order valence-electron chi connectivity index (χ1n) is 7.70. The summed E-state index contributed by atoms with van der Waals surface area (Å²) in [5.74, 6) is -0.271. The molecule has 0 aliphatic heterocycles. The second-order valence-electron chi connectivity index (χ2n) is 6.54. The summed E-state index contributed by atoms with van der Waals surface area (Å²) in [6.45, 7) is 0.317. The highest BCUT2D eigenvalue weighted by Crippen LogP contribution is 2.54. The lowest BCUT2D eigenvalue weighted by molar-refractivity contribution is -0.125. The van der Waals surface area contributed by atoms with Crippen LogP contribution < -0.4 is 5.32 Å². The Bertz CT molecular complexity index is 603. The van der Waals surface area contributed by atoms with Crippen LogP contribution in [0.4, 0.5) is 5.69 Å². The second kappa shape index (κ2) is 5.72. The van der Waals surface area contributed by atoms with Gasteiger partial charge in [0.2, 0.25) is 5.91 Å². The van der Waals surface area contributed by atoms with E-state index in [-0.39, 0.29) is 16.9 Å². The molecular weight excluding hydrogens is 282 g/mol. The molecule has 2 aliphatic rings. The number of fused-ring (bicyclic) bond motifs is 2. The molecule has 0 saturated heterocycles. The molecule has 0 unspecified atom stereocenters. The van der Waals surface area contributed by atoms with E-state index in [2.05, 4.69) is 5.32 Å². The van der Waals surface area contributed by atoms with Gasteiger partial charge >= 0.3 is 5.97 Å². The molecule has 1 amide bonds. The third-order valence-electron chi connectivity index (χ3n) is 5.03. The summed E-state index contributed by atoms with van der Waals surface area (Å²) in [6.07, 6.45) is 5.15. The van der Waals surface area contributed by atoms with Gasteiger partial charge in [-0.3, -0.25) is 4.79 Å². The summed E-state index contributed by atoms with van der Waals surface area (Å²) in [5, 5.41) is 12.1. The van der Waals surface area contributed by atoms with Crippen LogP contribution in [0.3, 0.4) is 0 Å². The first kappa shape index (κ1) is 15.0. The summed E-state index contributed by atoms with van der Waals surface area (Å²) in [7, 11) is 1.56. The highest BCUT2D eigenvalue weighted by atomic mass is 16.5. The number of anilines is 1. The van der Waals surface area contributed by atoms with Gasteiger partial charge in [0, 0.05) is 18.2 Å². The smallest absolute Gasteiger partial charge is 0.335 e. The number of rotatable bonds is 5. The van der Waals surface area contributed by atoms with Gasteiger partial charge < -0.3 is 15.2 Å². The average molecular weight is 303 g/mol. The predicted octanol–water partition coefficient (Wildman–Crippen LogP) is 3.05. The van der Waals surface area contributed by atoms with E-state index in [1.54, 1.807) is 19.2 Å². The van der Waals surface area contributed by atoms with E-state index < -0.39 is 5.97 Å². The summed E-state index contributed by atoms with van der Waals surface area (Å²) < 4.78 is 5.06. The number of amides is 1. The fourth-order valence-corrected chi connectivity index (χ4v) is 3.91. The van der Waals surface area contributed by atoms with Gasteiger partial charge in [-0.1, -0.05) is 0 Å². The maximum atomic E-state index is 12.7. The predicted molar refractivity (Wildman–Crippen MR) is 81.8 cm³/mol. The minimum absolute atomic E-state index is 0.0402. The highest BCUT2D eigenvalue weighted by Gasteiger charge is 2.49. The van der Waals surface area contributed by atoms with Crippen LogP contribution >= 0.6 is 0 Å².